The Kier molecular flexibility index (Phi) is 4.75. The lowest BCUT2D eigenvalue weighted by atomic mass is 9.99. The Labute approximate surface area is 165 Å². The van der Waals surface area contributed by atoms with Crippen molar-refractivity contribution in [3.05, 3.63) is 81.9 Å². The molecule has 7 heteroatoms. The minimum absolute atomic E-state index is 0.0449. The molecule has 1 atom stereocenters. The number of thiophene rings is 1. The van der Waals surface area contributed by atoms with Crippen molar-refractivity contribution in [1.82, 2.24) is 4.90 Å². The third-order valence-corrected chi connectivity index (χ3v) is 5.55. The van der Waals surface area contributed by atoms with E-state index >= 15 is 0 Å². The summed E-state index contributed by atoms with van der Waals surface area (Å²) >= 11 is 1.41. The molecule has 0 saturated carbocycles. The average Bonchev–Trinajstić information content (AvgIpc) is 3.46. The molecule has 0 spiro atoms. The zero-order chi connectivity index (χ0) is 19.7. The van der Waals surface area contributed by atoms with Gasteiger partial charge in [0.1, 0.15) is 23.3 Å². The Morgan fingerprint density at radius 2 is 2.00 bits per heavy atom. The Bertz CT molecular complexity index is 1040. The Morgan fingerprint density at radius 3 is 2.68 bits per heavy atom. The van der Waals surface area contributed by atoms with Gasteiger partial charge in [-0.15, -0.1) is 11.3 Å². The maximum atomic E-state index is 12.9. The zero-order valence-corrected chi connectivity index (χ0v) is 15.8. The first-order chi connectivity index (χ1) is 13.6. The number of furan rings is 1. The lowest BCUT2D eigenvalue weighted by Gasteiger charge is -2.23. The van der Waals surface area contributed by atoms with Crippen molar-refractivity contribution in [2.75, 3.05) is 7.11 Å². The van der Waals surface area contributed by atoms with Crippen molar-refractivity contribution in [2.24, 2.45) is 0 Å². The minimum atomic E-state index is -0.728. The van der Waals surface area contributed by atoms with Crippen molar-refractivity contribution in [3.63, 3.8) is 0 Å². The summed E-state index contributed by atoms with van der Waals surface area (Å²) in [5.74, 6) is -0.682. The molecule has 142 valence electrons. The fourth-order valence-corrected chi connectivity index (χ4v) is 4.19. The summed E-state index contributed by atoms with van der Waals surface area (Å²) in [6.07, 6.45) is 1.51. The topological polar surface area (TPSA) is 80.0 Å². The number of benzene rings is 1. The number of aliphatic hydroxyl groups is 1. The first kappa shape index (κ1) is 18.1. The van der Waals surface area contributed by atoms with Crippen LogP contribution in [0.25, 0.3) is 5.76 Å². The highest BCUT2D eigenvalue weighted by atomic mass is 32.1. The number of carbonyl (C=O) groups is 2. The Morgan fingerprint density at radius 1 is 1.18 bits per heavy atom. The highest BCUT2D eigenvalue weighted by Crippen LogP contribution is 2.42. The fourth-order valence-electron chi connectivity index (χ4n) is 3.34. The highest BCUT2D eigenvalue weighted by Gasteiger charge is 2.47. The quantitative estimate of drug-likeness (QED) is 0.402. The number of amides is 1. The van der Waals surface area contributed by atoms with Gasteiger partial charge in [0.2, 0.25) is 0 Å². The predicted molar refractivity (Wildman–Crippen MR) is 104 cm³/mol. The summed E-state index contributed by atoms with van der Waals surface area (Å²) < 4.78 is 10.7. The zero-order valence-electron chi connectivity index (χ0n) is 15.0. The fraction of sp³-hybridized carbons (Fsp3) is 0.143. The van der Waals surface area contributed by atoms with Gasteiger partial charge in [0, 0.05) is 4.88 Å². The lowest BCUT2D eigenvalue weighted by molar-refractivity contribution is -0.140. The third-order valence-electron chi connectivity index (χ3n) is 4.62. The molecule has 0 bridgehead atoms. The van der Waals surface area contributed by atoms with Crippen molar-refractivity contribution < 1.29 is 23.8 Å². The molecule has 1 aliphatic heterocycles. The van der Waals surface area contributed by atoms with Gasteiger partial charge in [-0.3, -0.25) is 9.59 Å². The van der Waals surface area contributed by atoms with Crippen LogP contribution in [0.2, 0.25) is 0 Å². The molecular formula is C21H17NO5S. The predicted octanol–water partition coefficient (Wildman–Crippen LogP) is 3.97. The summed E-state index contributed by atoms with van der Waals surface area (Å²) in [7, 11) is 1.48. The molecule has 1 amide bonds. The number of ether oxygens (including phenoxy) is 1. The van der Waals surface area contributed by atoms with Crippen LogP contribution >= 0.6 is 11.3 Å². The number of aliphatic hydroxyl groups excluding tert-OH is 1. The molecule has 4 rings (SSSR count). The summed E-state index contributed by atoms with van der Waals surface area (Å²) in [5.41, 5.74) is 0.408. The number of carbonyl (C=O) groups excluding carboxylic acids is 2. The highest BCUT2D eigenvalue weighted by molar-refractivity contribution is 7.10. The van der Waals surface area contributed by atoms with Crippen LogP contribution in [0.15, 0.2) is 70.2 Å². The molecule has 2 aromatic heterocycles. The van der Waals surface area contributed by atoms with Gasteiger partial charge in [-0.2, -0.15) is 0 Å². The van der Waals surface area contributed by atoms with E-state index in [0.717, 1.165) is 4.88 Å². The van der Waals surface area contributed by atoms with E-state index in [1.165, 1.54) is 29.6 Å². The van der Waals surface area contributed by atoms with Crippen molar-refractivity contribution in [2.45, 2.75) is 12.6 Å². The van der Waals surface area contributed by atoms with E-state index in [1.54, 1.807) is 36.4 Å². The standard InChI is InChI=1S/C21H17NO5S/c1-26-15-8-3-2-7-14(15)19(23)17-18(16-9-5-11-28-16)22(21(25)20(17)24)12-13-6-4-10-27-13/h2-11,18,23H,12H2,1H3/b19-17-. The van der Waals surface area contributed by atoms with Gasteiger partial charge in [0.05, 0.1) is 31.1 Å². The number of nitrogens with zero attached hydrogens (tertiary/aromatic N) is 1. The van der Waals surface area contributed by atoms with Crippen molar-refractivity contribution >= 4 is 28.8 Å². The van der Waals surface area contributed by atoms with E-state index in [0.29, 0.717) is 17.1 Å². The van der Waals surface area contributed by atoms with Crippen molar-refractivity contribution in [3.8, 4) is 5.75 Å². The first-order valence-corrected chi connectivity index (χ1v) is 9.47. The molecule has 1 fully saturated rings. The molecule has 1 unspecified atom stereocenters. The molecule has 0 radical (unpaired) electrons. The average molecular weight is 395 g/mol. The summed E-state index contributed by atoms with van der Waals surface area (Å²) in [5, 5.41) is 12.9. The maximum Gasteiger partial charge on any atom is 0.296 e. The van der Waals surface area contributed by atoms with Crippen LogP contribution in [0.5, 0.6) is 5.75 Å². The van der Waals surface area contributed by atoms with Gasteiger partial charge < -0.3 is 19.2 Å². The molecule has 1 N–H and O–H groups in total. The molecule has 28 heavy (non-hydrogen) atoms. The summed E-state index contributed by atoms with van der Waals surface area (Å²) in [6.45, 7) is 0.128. The van der Waals surface area contributed by atoms with E-state index in [2.05, 4.69) is 0 Å². The van der Waals surface area contributed by atoms with Crippen LogP contribution < -0.4 is 4.74 Å². The van der Waals surface area contributed by atoms with Gasteiger partial charge in [-0.1, -0.05) is 18.2 Å². The van der Waals surface area contributed by atoms with E-state index < -0.39 is 17.7 Å². The van der Waals surface area contributed by atoms with Crippen LogP contribution in [0.3, 0.4) is 0 Å². The number of likely N-dealkylation sites (tertiary alicyclic amines) is 1. The van der Waals surface area contributed by atoms with E-state index in [9.17, 15) is 14.7 Å². The smallest absolute Gasteiger partial charge is 0.296 e. The lowest BCUT2D eigenvalue weighted by Crippen LogP contribution is -2.28. The van der Waals surface area contributed by atoms with Gasteiger partial charge in [-0.25, -0.2) is 0 Å². The van der Waals surface area contributed by atoms with Crippen LogP contribution in [0.1, 0.15) is 22.2 Å². The molecule has 0 aliphatic carbocycles. The molecular weight excluding hydrogens is 378 g/mol. The van der Waals surface area contributed by atoms with E-state index in [1.807, 2.05) is 17.5 Å². The summed E-state index contributed by atoms with van der Waals surface area (Å²) in [6, 6.07) is 13.3. The second kappa shape index (κ2) is 7.36. The Balaban J connectivity index is 1.87. The van der Waals surface area contributed by atoms with Crippen molar-refractivity contribution in [1.29, 1.82) is 0 Å². The number of methoxy groups -OCH3 is 1. The van der Waals surface area contributed by atoms with Gasteiger partial charge >= 0.3 is 0 Å². The molecule has 3 aromatic rings. The van der Waals surface area contributed by atoms with Gasteiger partial charge in [0.25, 0.3) is 11.7 Å². The van der Waals surface area contributed by atoms with Gasteiger partial charge in [-0.05, 0) is 35.7 Å². The second-order valence-corrected chi connectivity index (χ2v) is 7.20. The van der Waals surface area contributed by atoms with Crippen LogP contribution in [0.4, 0.5) is 0 Å². The number of para-hydroxylation sites is 1. The van der Waals surface area contributed by atoms with Crippen LogP contribution in [0, 0.1) is 0 Å². The Hall–Kier alpha value is -3.32. The van der Waals surface area contributed by atoms with Gasteiger partial charge in [0.15, 0.2) is 0 Å². The summed E-state index contributed by atoms with van der Waals surface area (Å²) in [4.78, 5) is 27.9. The number of hydrogen-bond acceptors (Lipinski definition) is 6. The largest absolute Gasteiger partial charge is 0.507 e. The maximum absolute atomic E-state index is 12.9. The SMILES string of the molecule is COc1ccccc1/C(O)=C1/C(=O)C(=O)N(Cc2ccco2)C1c1cccs1. The minimum Gasteiger partial charge on any atom is -0.507 e. The monoisotopic (exact) mass is 395 g/mol. The molecule has 6 nitrogen and oxygen atoms in total. The van der Waals surface area contributed by atoms with Crippen LogP contribution in [-0.4, -0.2) is 28.8 Å². The molecule has 1 aromatic carbocycles. The number of rotatable bonds is 5. The number of ketones is 1. The molecule has 1 aliphatic rings. The normalized spacial score (nSPS) is 18.6. The third kappa shape index (κ3) is 2.99. The molecule has 1 saturated heterocycles. The molecule has 3 heterocycles. The van der Waals surface area contributed by atoms with Crippen LogP contribution in [-0.2, 0) is 16.1 Å². The van der Waals surface area contributed by atoms with E-state index in [-0.39, 0.29) is 17.9 Å². The number of hydrogen-bond donors (Lipinski definition) is 1. The first-order valence-electron chi connectivity index (χ1n) is 8.59. The second-order valence-electron chi connectivity index (χ2n) is 6.22. The van der Waals surface area contributed by atoms with E-state index in [4.69, 9.17) is 9.15 Å². The number of Topliss-reactive ketones (excluding diaryl/α,β-unsaturated/α-hetero) is 1.